The van der Waals surface area contributed by atoms with Gasteiger partial charge in [0.15, 0.2) is 0 Å². The van der Waals surface area contributed by atoms with E-state index in [4.69, 9.17) is 0 Å². The molecule has 1 atom stereocenters. The van der Waals surface area contributed by atoms with E-state index in [1.54, 1.807) is 16.7 Å². The SMILES string of the molecule is C1=CC2=C(CC1)c1ccccc1C2CNCC1CCCCC1. The third-order valence-corrected chi connectivity index (χ3v) is 5.75. The molecule has 0 bridgehead atoms. The Morgan fingerprint density at radius 1 is 1.00 bits per heavy atom. The lowest BCUT2D eigenvalue weighted by Crippen LogP contribution is -2.28. The number of fused-ring (bicyclic) bond motifs is 2. The van der Waals surface area contributed by atoms with Gasteiger partial charge >= 0.3 is 0 Å². The summed E-state index contributed by atoms with van der Waals surface area (Å²) in [6, 6.07) is 9.06. The second-order valence-corrected chi connectivity index (χ2v) is 7.18. The van der Waals surface area contributed by atoms with Gasteiger partial charge in [0.2, 0.25) is 0 Å². The fourth-order valence-corrected chi connectivity index (χ4v) is 4.59. The maximum Gasteiger partial charge on any atom is 0.0223 e. The molecular formula is C21H27N. The Morgan fingerprint density at radius 3 is 2.77 bits per heavy atom. The average molecular weight is 293 g/mol. The van der Waals surface area contributed by atoms with Crippen LogP contribution in [-0.4, -0.2) is 13.1 Å². The normalized spacial score (nSPS) is 24.5. The van der Waals surface area contributed by atoms with E-state index >= 15 is 0 Å². The quantitative estimate of drug-likeness (QED) is 0.818. The first-order valence-corrected chi connectivity index (χ1v) is 9.13. The summed E-state index contributed by atoms with van der Waals surface area (Å²) in [5.74, 6) is 1.49. The van der Waals surface area contributed by atoms with Gasteiger partial charge in [-0.2, -0.15) is 0 Å². The summed E-state index contributed by atoms with van der Waals surface area (Å²) in [6.07, 6.45) is 14.4. The zero-order valence-electron chi connectivity index (χ0n) is 13.5. The second kappa shape index (κ2) is 6.42. The fraction of sp³-hybridized carbons (Fsp3) is 0.524. The molecule has 1 N–H and O–H groups in total. The molecule has 3 aliphatic rings. The van der Waals surface area contributed by atoms with Crippen molar-refractivity contribution >= 4 is 5.57 Å². The van der Waals surface area contributed by atoms with Crippen LogP contribution in [0.25, 0.3) is 5.57 Å². The Labute approximate surface area is 134 Å². The lowest BCUT2D eigenvalue weighted by Gasteiger charge is -2.23. The van der Waals surface area contributed by atoms with Crippen LogP contribution in [0, 0.1) is 5.92 Å². The first-order valence-electron chi connectivity index (χ1n) is 9.13. The third kappa shape index (κ3) is 2.67. The maximum absolute atomic E-state index is 3.80. The molecule has 1 unspecified atom stereocenters. The Morgan fingerprint density at radius 2 is 1.86 bits per heavy atom. The molecule has 0 saturated heterocycles. The van der Waals surface area contributed by atoms with E-state index in [-0.39, 0.29) is 0 Å². The van der Waals surface area contributed by atoms with Crippen molar-refractivity contribution in [2.45, 2.75) is 50.9 Å². The van der Waals surface area contributed by atoms with Gasteiger partial charge in [-0.25, -0.2) is 0 Å². The summed E-state index contributed by atoms with van der Waals surface area (Å²) < 4.78 is 0. The van der Waals surface area contributed by atoms with Crippen LogP contribution in [0.1, 0.15) is 62.0 Å². The van der Waals surface area contributed by atoms with Crippen molar-refractivity contribution in [3.8, 4) is 0 Å². The Balaban J connectivity index is 1.46. The topological polar surface area (TPSA) is 12.0 Å². The minimum Gasteiger partial charge on any atom is -0.316 e. The van der Waals surface area contributed by atoms with Crippen molar-refractivity contribution in [2.75, 3.05) is 13.1 Å². The molecule has 1 saturated carbocycles. The van der Waals surface area contributed by atoms with Gasteiger partial charge in [0.1, 0.15) is 0 Å². The van der Waals surface area contributed by atoms with Gasteiger partial charge in [0.25, 0.3) is 0 Å². The zero-order chi connectivity index (χ0) is 14.8. The van der Waals surface area contributed by atoms with Crippen LogP contribution in [0.4, 0.5) is 0 Å². The fourth-order valence-electron chi connectivity index (χ4n) is 4.59. The van der Waals surface area contributed by atoms with E-state index in [2.05, 4.69) is 41.7 Å². The van der Waals surface area contributed by atoms with Gasteiger partial charge in [-0.1, -0.05) is 55.7 Å². The lowest BCUT2D eigenvalue weighted by molar-refractivity contribution is 0.341. The minimum atomic E-state index is 0.575. The molecular weight excluding hydrogens is 266 g/mol. The summed E-state index contributed by atoms with van der Waals surface area (Å²) in [5, 5.41) is 3.80. The highest BCUT2D eigenvalue weighted by Crippen LogP contribution is 2.45. The predicted molar refractivity (Wildman–Crippen MR) is 93.9 cm³/mol. The first kappa shape index (κ1) is 14.3. The summed E-state index contributed by atoms with van der Waals surface area (Å²) >= 11 is 0. The number of nitrogens with one attached hydrogen (secondary N) is 1. The molecule has 1 fully saturated rings. The molecule has 0 heterocycles. The smallest absolute Gasteiger partial charge is 0.0223 e. The van der Waals surface area contributed by atoms with Crippen LogP contribution in [0.3, 0.4) is 0 Å². The van der Waals surface area contributed by atoms with Crippen LogP contribution in [0.15, 0.2) is 42.0 Å². The summed E-state index contributed by atoms with van der Waals surface area (Å²) in [7, 11) is 0. The van der Waals surface area contributed by atoms with E-state index in [1.165, 1.54) is 57.1 Å². The lowest BCUT2D eigenvalue weighted by atomic mass is 9.88. The third-order valence-electron chi connectivity index (χ3n) is 5.75. The largest absolute Gasteiger partial charge is 0.316 e. The minimum absolute atomic E-state index is 0.575. The molecule has 0 amide bonds. The van der Waals surface area contributed by atoms with Crippen molar-refractivity contribution in [3.63, 3.8) is 0 Å². The number of hydrogen-bond donors (Lipinski definition) is 1. The average Bonchev–Trinajstić information content (AvgIpc) is 2.91. The molecule has 22 heavy (non-hydrogen) atoms. The van der Waals surface area contributed by atoms with Gasteiger partial charge < -0.3 is 5.32 Å². The van der Waals surface area contributed by atoms with E-state index in [9.17, 15) is 0 Å². The summed E-state index contributed by atoms with van der Waals surface area (Å²) in [4.78, 5) is 0. The standard InChI is InChI=1S/C21H27N/c1-2-8-16(9-3-1)14-22-15-21-19-12-6-4-10-17(19)18-11-5-7-13-20(18)21/h4,6-7,10,12-13,16,21-22H,1-3,5,8-9,11,14-15H2. The monoisotopic (exact) mass is 293 g/mol. The number of allylic oxidation sites excluding steroid dienone is 3. The van der Waals surface area contributed by atoms with Gasteiger partial charge in [-0.05, 0) is 60.4 Å². The Hall–Kier alpha value is -1.34. The van der Waals surface area contributed by atoms with E-state index in [0.717, 1.165) is 12.5 Å². The summed E-state index contributed by atoms with van der Waals surface area (Å²) in [5.41, 5.74) is 6.27. The number of rotatable bonds is 4. The van der Waals surface area contributed by atoms with Gasteiger partial charge in [0, 0.05) is 12.5 Å². The van der Waals surface area contributed by atoms with Crippen LogP contribution < -0.4 is 5.32 Å². The molecule has 116 valence electrons. The van der Waals surface area contributed by atoms with Crippen molar-refractivity contribution < 1.29 is 0 Å². The van der Waals surface area contributed by atoms with E-state index < -0.39 is 0 Å². The Bertz CT molecular complexity index is 590. The zero-order valence-corrected chi connectivity index (χ0v) is 13.5. The van der Waals surface area contributed by atoms with Crippen molar-refractivity contribution in [1.82, 2.24) is 5.32 Å². The molecule has 1 heteroatoms. The van der Waals surface area contributed by atoms with Crippen LogP contribution in [0.2, 0.25) is 0 Å². The predicted octanol–water partition coefficient (Wildman–Crippen LogP) is 5.06. The second-order valence-electron chi connectivity index (χ2n) is 7.18. The Kier molecular flexibility index (Phi) is 4.16. The van der Waals surface area contributed by atoms with Gasteiger partial charge in [-0.15, -0.1) is 0 Å². The summed E-state index contributed by atoms with van der Waals surface area (Å²) in [6.45, 7) is 2.32. The molecule has 4 rings (SSSR count). The highest BCUT2D eigenvalue weighted by molar-refractivity contribution is 5.81. The molecule has 1 aromatic rings. The first-order chi connectivity index (χ1) is 10.9. The molecule has 1 aromatic carbocycles. The van der Waals surface area contributed by atoms with Crippen LogP contribution in [0.5, 0.6) is 0 Å². The molecule has 0 aliphatic heterocycles. The van der Waals surface area contributed by atoms with Gasteiger partial charge in [0.05, 0.1) is 0 Å². The number of benzene rings is 1. The highest BCUT2D eigenvalue weighted by atomic mass is 14.9. The molecule has 1 nitrogen and oxygen atoms in total. The van der Waals surface area contributed by atoms with Crippen molar-refractivity contribution in [2.24, 2.45) is 5.92 Å². The van der Waals surface area contributed by atoms with E-state index in [1.807, 2.05) is 0 Å². The molecule has 0 radical (unpaired) electrons. The van der Waals surface area contributed by atoms with Gasteiger partial charge in [-0.3, -0.25) is 0 Å². The molecule has 3 aliphatic carbocycles. The molecule has 0 spiro atoms. The van der Waals surface area contributed by atoms with Crippen molar-refractivity contribution in [1.29, 1.82) is 0 Å². The highest BCUT2D eigenvalue weighted by Gasteiger charge is 2.30. The van der Waals surface area contributed by atoms with Crippen LogP contribution in [-0.2, 0) is 0 Å². The maximum atomic E-state index is 3.80. The van der Waals surface area contributed by atoms with E-state index in [0.29, 0.717) is 5.92 Å². The molecule has 0 aromatic heterocycles. The van der Waals surface area contributed by atoms with Crippen molar-refractivity contribution in [3.05, 3.63) is 53.1 Å². The van der Waals surface area contributed by atoms with Crippen LogP contribution >= 0.6 is 0 Å². The number of hydrogen-bond acceptors (Lipinski definition) is 1.